The molecule has 19 heavy (non-hydrogen) atoms. The molecule has 0 fully saturated rings. The fourth-order valence-corrected chi connectivity index (χ4v) is 2.14. The van der Waals surface area contributed by atoms with E-state index in [-0.39, 0.29) is 5.91 Å². The van der Waals surface area contributed by atoms with Crippen LogP contribution >= 0.6 is 27.5 Å². The second-order valence-electron chi connectivity index (χ2n) is 4.33. The highest BCUT2D eigenvalue weighted by molar-refractivity contribution is 9.10. The minimum Gasteiger partial charge on any atom is -0.322 e. The molecule has 0 aromatic heterocycles. The van der Waals surface area contributed by atoms with Gasteiger partial charge in [-0.05, 0) is 55.3 Å². The van der Waals surface area contributed by atoms with Crippen molar-refractivity contribution in [1.29, 1.82) is 0 Å². The molecule has 0 unspecified atom stereocenters. The zero-order chi connectivity index (χ0) is 14.0. The van der Waals surface area contributed by atoms with Crippen molar-refractivity contribution in [3.63, 3.8) is 0 Å². The molecule has 4 heteroatoms. The summed E-state index contributed by atoms with van der Waals surface area (Å²) in [6, 6.07) is 11.0. The van der Waals surface area contributed by atoms with Crippen molar-refractivity contribution in [2.75, 3.05) is 5.32 Å². The number of nitrogens with one attached hydrogen (secondary N) is 1. The minimum absolute atomic E-state index is 0.138. The number of carbonyl (C=O) groups is 1. The number of amides is 1. The van der Waals surface area contributed by atoms with Gasteiger partial charge in [-0.15, -0.1) is 0 Å². The van der Waals surface area contributed by atoms with E-state index in [1.165, 1.54) is 0 Å². The third-order valence-corrected chi connectivity index (χ3v) is 4.24. The quantitative estimate of drug-likeness (QED) is 0.823. The SMILES string of the molecule is Cc1cc(C(=O)Nc2cccc(Cl)c2C)ccc1Br. The number of carbonyl (C=O) groups excluding carboxylic acids is 1. The molecule has 0 saturated heterocycles. The maximum absolute atomic E-state index is 12.2. The van der Waals surface area contributed by atoms with Gasteiger partial charge >= 0.3 is 0 Å². The molecule has 1 N–H and O–H groups in total. The van der Waals surface area contributed by atoms with E-state index >= 15 is 0 Å². The topological polar surface area (TPSA) is 29.1 Å². The van der Waals surface area contributed by atoms with Crippen LogP contribution in [0.4, 0.5) is 5.69 Å². The normalized spacial score (nSPS) is 10.3. The van der Waals surface area contributed by atoms with Crippen molar-refractivity contribution in [3.8, 4) is 0 Å². The Labute approximate surface area is 125 Å². The summed E-state index contributed by atoms with van der Waals surface area (Å²) in [6.45, 7) is 3.83. The predicted octanol–water partition coefficient (Wildman–Crippen LogP) is 4.97. The fourth-order valence-electron chi connectivity index (χ4n) is 1.72. The van der Waals surface area contributed by atoms with Gasteiger partial charge in [0.1, 0.15) is 0 Å². The molecule has 0 bridgehead atoms. The molecule has 2 aromatic carbocycles. The van der Waals surface area contributed by atoms with Crippen LogP contribution in [0.3, 0.4) is 0 Å². The third-order valence-electron chi connectivity index (χ3n) is 2.94. The minimum atomic E-state index is -0.138. The van der Waals surface area contributed by atoms with Gasteiger partial charge in [-0.2, -0.15) is 0 Å². The summed E-state index contributed by atoms with van der Waals surface area (Å²) in [7, 11) is 0. The number of benzene rings is 2. The number of anilines is 1. The maximum Gasteiger partial charge on any atom is 0.255 e. The molecule has 0 radical (unpaired) electrons. The first kappa shape index (κ1) is 14.1. The summed E-state index contributed by atoms with van der Waals surface area (Å²) in [5.41, 5.74) is 3.25. The van der Waals surface area contributed by atoms with E-state index < -0.39 is 0 Å². The summed E-state index contributed by atoms with van der Waals surface area (Å²) in [5, 5.41) is 3.52. The molecular weight excluding hydrogens is 326 g/mol. The zero-order valence-electron chi connectivity index (χ0n) is 10.6. The molecule has 0 aliphatic carbocycles. The van der Waals surface area contributed by atoms with E-state index in [0.717, 1.165) is 21.3 Å². The van der Waals surface area contributed by atoms with Crippen molar-refractivity contribution in [2.24, 2.45) is 0 Å². The molecule has 2 rings (SSSR count). The first-order valence-electron chi connectivity index (χ1n) is 5.81. The smallest absolute Gasteiger partial charge is 0.255 e. The first-order valence-corrected chi connectivity index (χ1v) is 6.99. The predicted molar refractivity (Wildman–Crippen MR) is 83.0 cm³/mol. The van der Waals surface area contributed by atoms with Crippen LogP contribution < -0.4 is 5.32 Å². The van der Waals surface area contributed by atoms with Crippen LogP contribution in [0, 0.1) is 13.8 Å². The monoisotopic (exact) mass is 337 g/mol. The van der Waals surface area contributed by atoms with Gasteiger partial charge in [-0.3, -0.25) is 4.79 Å². The van der Waals surface area contributed by atoms with Crippen LogP contribution in [0.2, 0.25) is 5.02 Å². The fraction of sp³-hybridized carbons (Fsp3) is 0.133. The summed E-state index contributed by atoms with van der Waals surface area (Å²) in [4.78, 5) is 12.2. The molecule has 0 aliphatic heterocycles. The Kier molecular flexibility index (Phi) is 4.27. The summed E-state index contributed by atoms with van der Waals surface area (Å²) >= 11 is 9.45. The Morgan fingerprint density at radius 1 is 1.21 bits per heavy atom. The molecule has 1 amide bonds. The largest absolute Gasteiger partial charge is 0.322 e. The summed E-state index contributed by atoms with van der Waals surface area (Å²) < 4.78 is 0.989. The van der Waals surface area contributed by atoms with Crippen molar-refractivity contribution in [3.05, 3.63) is 62.6 Å². The number of aryl methyl sites for hydroxylation is 1. The van der Waals surface area contributed by atoms with Gasteiger partial charge in [0.05, 0.1) is 0 Å². The van der Waals surface area contributed by atoms with Gasteiger partial charge in [0.15, 0.2) is 0 Å². The molecule has 2 aromatic rings. The number of rotatable bonds is 2. The average Bonchev–Trinajstić information content (AvgIpc) is 2.38. The lowest BCUT2D eigenvalue weighted by atomic mass is 10.1. The lowest BCUT2D eigenvalue weighted by molar-refractivity contribution is 0.102. The highest BCUT2D eigenvalue weighted by Gasteiger charge is 2.09. The van der Waals surface area contributed by atoms with E-state index in [4.69, 9.17) is 11.6 Å². The van der Waals surface area contributed by atoms with Crippen molar-refractivity contribution < 1.29 is 4.79 Å². The number of halogens is 2. The van der Waals surface area contributed by atoms with Crippen LogP contribution in [0.5, 0.6) is 0 Å². The highest BCUT2D eigenvalue weighted by atomic mass is 79.9. The third kappa shape index (κ3) is 3.17. The van der Waals surface area contributed by atoms with Gasteiger partial charge in [0.25, 0.3) is 5.91 Å². The van der Waals surface area contributed by atoms with Gasteiger partial charge in [-0.1, -0.05) is 33.6 Å². The molecule has 2 nitrogen and oxygen atoms in total. The Morgan fingerprint density at radius 2 is 1.95 bits per heavy atom. The van der Waals surface area contributed by atoms with Crippen LogP contribution in [0.15, 0.2) is 40.9 Å². The van der Waals surface area contributed by atoms with Crippen LogP contribution in [-0.4, -0.2) is 5.91 Å². The lowest BCUT2D eigenvalue weighted by Crippen LogP contribution is -2.13. The van der Waals surface area contributed by atoms with Gasteiger partial charge in [-0.25, -0.2) is 0 Å². The standard InChI is InChI=1S/C15H13BrClNO/c1-9-8-11(6-7-12(9)16)15(19)18-14-5-3-4-13(17)10(14)2/h3-8H,1-2H3,(H,18,19). The van der Waals surface area contributed by atoms with Crippen molar-refractivity contribution in [1.82, 2.24) is 0 Å². The molecule has 0 saturated carbocycles. The molecular formula is C15H13BrClNO. The number of hydrogen-bond acceptors (Lipinski definition) is 1. The van der Waals surface area contributed by atoms with E-state index in [1.54, 1.807) is 12.1 Å². The first-order chi connectivity index (χ1) is 8.99. The Balaban J connectivity index is 2.26. The highest BCUT2D eigenvalue weighted by Crippen LogP contribution is 2.24. The van der Waals surface area contributed by atoms with Crippen LogP contribution in [0.1, 0.15) is 21.5 Å². The molecule has 0 atom stereocenters. The van der Waals surface area contributed by atoms with E-state index in [2.05, 4.69) is 21.2 Å². The van der Waals surface area contributed by atoms with Crippen LogP contribution in [0.25, 0.3) is 0 Å². The molecule has 98 valence electrons. The van der Waals surface area contributed by atoms with Crippen molar-refractivity contribution >= 4 is 39.1 Å². The maximum atomic E-state index is 12.2. The van der Waals surface area contributed by atoms with Gasteiger partial charge in [0, 0.05) is 20.7 Å². The summed E-state index contributed by atoms with van der Waals surface area (Å²) in [5.74, 6) is -0.138. The second-order valence-corrected chi connectivity index (χ2v) is 5.59. The van der Waals surface area contributed by atoms with Gasteiger partial charge < -0.3 is 5.32 Å². The summed E-state index contributed by atoms with van der Waals surface area (Å²) in [6.07, 6.45) is 0. The lowest BCUT2D eigenvalue weighted by Gasteiger charge is -2.10. The second kappa shape index (κ2) is 5.76. The Morgan fingerprint density at radius 3 is 2.63 bits per heavy atom. The molecule has 0 spiro atoms. The Hall–Kier alpha value is -1.32. The van der Waals surface area contributed by atoms with Crippen LogP contribution in [-0.2, 0) is 0 Å². The Bertz CT molecular complexity index is 640. The average molecular weight is 339 g/mol. The zero-order valence-corrected chi connectivity index (χ0v) is 13.0. The molecule has 0 heterocycles. The number of hydrogen-bond donors (Lipinski definition) is 1. The van der Waals surface area contributed by atoms with E-state index in [0.29, 0.717) is 10.6 Å². The van der Waals surface area contributed by atoms with E-state index in [9.17, 15) is 4.79 Å². The van der Waals surface area contributed by atoms with Crippen molar-refractivity contribution in [2.45, 2.75) is 13.8 Å². The van der Waals surface area contributed by atoms with Gasteiger partial charge in [0.2, 0.25) is 0 Å². The van der Waals surface area contributed by atoms with E-state index in [1.807, 2.05) is 38.1 Å². The molecule has 0 aliphatic rings.